The van der Waals surface area contributed by atoms with Crippen LogP contribution in [-0.2, 0) is 9.84 Å². The van der Waals surface area contributed by atoms with E-state index in [9.17, 15) is 13.2 Å². The summed E-state index contributed by atoms with van der Waals surface area (Å²) in [6.07, 6.45) is 4.07. The van der Waals surface area contributed by atoms with E-state index in [1.807, 2.05) is 0 Å². The van der Waals surface area contributed by atoms with Crippen molar-refractivity contribution >= 4 is 15.7 Å². The molecule has 0 aromatic carbocycles. The first-order chi connectivity index (χ1) is 7.48. The Bertz CT molecular complexity index is 504. The smallest absolute Gasteiger partial charge is 0.232 e. The van der Waals surface area contributed by atoms with Crippen LogP contribution in [0.3, 0.4) is 0 Å². The normalized spacial score (nSPS) is 23.4. The maximum atomic E-state index is 11.8. The number of carbonyl (C=O) groups excluding carboxylic acids is 1. The summed E-state index contributed by atoms with van der Waals surface area (Å²) < 4.78 is 24.0. The molecule has 0 N–H and O–H groups in total. The Kier molecular flexibility index (Phi) is 2.84. The zero-order chi connectivity index (χ0) is 11.8. The summed E-state index contributed by atoms with van der Waals surface area (Å²) in [6.45, 7) is 1.75. The third-order valence-corrected chi connectivity index (χ3v) is 4.72. The second kappa shape index (κ2) is 4.01. The fraction of sp³-hybridized carbons (Fsp3) is 0.600. The second-order valence-electron chi connectivity index (χ2n) is 4.21. The molecule has 0 amide bonds. The minimum Gasteiger partial charge on any atom is -0.274 e. The molecule has 1 aromatic rings. The van der Waals surface area contributed by atoms with Crippen molar-refractivity contribution in [3.8, 4) is 0 Å². The van der Waals surface area contributed by atoms with Crippen molar-refractivity contribution < 1.29 is 13.2 Å². The van der Waals surface area contributed by atoms with Gasteiger partial charge in [-0.1, -0.05) is 0 Å². The van der Waals surface area contributed by atoms with Gasteiger partial charge in [0.25, 0.3) is 0 Å². The second-order valence-corrected chi connectivity index (χ2v) is 6.44. The van der Waals surface area contributed by atoms with Crippen molar-refractivity contribution in [3.05, 3.63) is 18.2 Å². The summed E-state index contributed by atoms with van der Waals surface area (Å²) in [5.74, 6) is 0.905. The van der Waals surface area contributed by atoms with Gasteiger partial charge in [-0.25, -0.2) is 13.4 Å². The summed E-state index contributed by atoms with van der Waals surface area (Å²) in [5, 5.41) is 0. The summed E-state index contributed by atoms with van der Waals surface area (Å²) >= 11 is 0. The molecule has 5 nitrogen and oxygen atoms in total. The quantitative estimate of drug-likeness (QED) is 0.763. The van der Waals surface area contributed by atoms with Gasteiger partial charge in [0.1, 0.15) is 5.82 Å². The molecule has 2 rings (SSSR count). The number of imidazole rings is 1. The van der Waals surface area contributed by atoms with E-state index in [1.165, 1.54) is 4.57 Å². The van der Waals surface area contributed by atoms with Gasteiger partial charge >= 0.3 is 0 Å². The number of aryl methyl sites for hydroxylation is 1. The Labute approximate surface area is 94.4 Å². The van der Waals surface area contributed by atoms with Crippen LogP contribution in [0.2, 0.25) is 0 Å². The molecule has 1 saturated heterocycles. The van der Waals surface area contributed by atoms with Crippen molar-refractivity contribution in [3.63, 3.8) is 0 Å². The average Bonchev–Trinajstić information content (AvgIpc) is 2.72. The van der Waals surface area contributed by atoms with Crippen molar-refractivity contribution in [1.82, 2.24) is 9.55 Å². The average molecular weight is 242 g/mol. The lowest BCUT2D eigenvalue weighted by molar-refractivity contribution is 0.0882. The molecule has 1 aliphatic rings. The SMILES string of the molecule is Cc1nccn1C(=O)CC1CCS(=O)(=O)C1. The van der Waals surface area contributed by atoms with Gasteiger partial charge in [0, 0.05) is 18.8 Å². The predicted octanol–water partition coefficient (Wildman–Crippen LogP) is 0.657. The Morgan fingerprint density at radius 3 is 2.88 bits per heavy atom. The van der Waals surface area contributed by atoms with E-state index in [0.717, 1.165) is 0 Å². The Morgan fingerprint density at radius 2 is 2.38 bits per heavy atom. The summed E-state index contributed by atoms with van der Waals surface area (Å²) in [7, 11) is -2.90. The molecule has 0 spiro atoms. The van der Waals surface area contributed by atoms with Gasteiger partial charge in [0.15, 0.2) is 9.84 Å². The summed E-state index contributed by atoms with van der Waals surface area (Å²) in [4.78, 5) is 15.8. The number of nitrogens with zero attached hydrogens (tertiary/aromatic N) is 2. The van der Waals surface area contributed by atoms with Gasteiger partial charge < -0.3 is 0 Å². The lowest BCUT2D eigenvalue weighted by Crippen LogP contribution is -2.17. The Hall–Kier alpha value is -1.17. The highest BCUT2D eigenvalue weighted by Crippen LogP contribution is 2.22. The molecule has 0 saturated carbocycles. The standard InChI is InChI=1S/C10H14N2O3S/c1-8-11-3-4-12(8)10(13)6-9-2-5-16(14,15)7-9/h3-4,9H,2,5-7H2,1H3. The van der Waals surface area contributed by atoms with Crippen molar-refractivity contribution in [1.29, 1.82) is 0 Å². The van der Waals surface area contributed by atoms with Crippen LogP contribution in [-0.4, -0.2) is 35.4 Å². The lowest BCUT2D eigenvalue weighted by Gasteiger charge is -2.07. The van der Waals surface area contributed by atoms with E-state index < -0.39 is 9.84 Å². The zero-order valence-corrected chi connectivity index (χ0v) is 9.90. The van der Waals surface area contributed by atoms with E-state index in [2.05, 4.69) is 4.98 Å². The summed E-state index contributed by atoms with van der Waals surface area (Å²) in [6, 6.07) is 0. The maximum absolute atomic E-state index is 11.8. The molecule has 6 heteroatoms. The molecule has 1 fully saturated rings. The third kappa shape index (κ3) is 2.32. The highest BCUT2D eigenvalue weighted by Gasteiger charge is 2.29. The van der Waals surface area contributed by atoms with E-state index >= 15 is 0 Å². The van der Waals surface area contributed by atoms with Crippen LogP contribution in [0, 0.1) is 12.8 Å². The number of hydrogen-bond acceptors (Lipinski definition) is 4. The first-order valence-electron chi connectivity index (χ1n) is 5.21. The molecule has 88 valence electrons. The van der Waals surface area contributed by atoms with Gasteiger partial charge in [-0.05, 0) is 19.3 Å². The van der Waals surface area contributed by atoms with Crippen LogP contribution in [0.15, 0.2) is 12.4 Å². The van der Waals surface area contributed by atoms with Crippen LogP contribution in [0.25, 0.3) is 0 Å². The number of rotatable bonds is 2. The molecule has 1 atom stereocenters. The molecular formula is C10H14N2O3S. The van der Waals surface area contributed by atoms with Crippen LogP contribution in [0.1, 0.15) is 23.5 Å². The van der Waals surface area contributed by atoms with Crippen molar-refractivity contribution in [2.24, 2.45) is 5.92 Å². The van der Waals surface area contributed by atoms with Gasteiger partial charge in [-0.15, -0.1) is 0 Å². The molecule has 0 aliphatic carbocycles. The molecule has 0 bridgehead atoms. The molecular weight excluding hydrogens is 228 g/mol. The van der Waals surface area contributed by atoms with Crippen LogP contribution in [0.5, 0.6) is 0 Å². The summed E-state index contributed by atoms with van der Waals surface area (Å²) in [5.41, 5.74) is 0. The highest BCUT2D eigenvalue weighted by molar-refractivity contribution is 7.91. The minimum atomic E-state index is -2.90. The number of carbonyl (C=O) groups is 1. The molecule has 16 heavy (non-hydrogen) atoms. The fourth-order valence-corrected chi connectivity index (χ4v) is 3.88. The molecule has 1 aliphatic heterocycles. The first-order valence-corrected chi connectivity index (χ1v) is 7.04. The van der Waals surface area contributed by atoms with Crippen LogP contribution >= 0.6 is 0 Å². The first kappa shape index (κ1) is 11.3. The van der Waals surface area contributed by atoms with E-state index in [4.69, 9.17) is 0 Å². The lowest BCUT2D eigenvalue weighted by atomic mass is 10.1. The van der Waals surface area contributed by atoms with Crippen molar-refractivity contribution in [2.45, 2.75) is 19.8 Å². The van der Waals surface area contributed by atoms with Gasteiger partial charge in [0.05, 0.1) is 11.5 Å². The zero-order valence-electron chi connectivity index (χ0n) is 9.09. The van der Waals surface area contributed by atoms with Crippen LogP contribution in [0.4, 0.5) is 0 Å². The molecule has 0 radical (unpaired) electrons. The number of sulfone groups is 1. The van der Waals surface area contributed by atoms with Crippen molar-refractivity contribution in [2.75, 3.05) is 11.5 Å². The largest absolute Gasteiger partial charge is 0.274 e. The number of hydrogen-bond donors (Lipinski definition) is 0. The Balaban J connectivity index is 2.02. The highest BCUT2D eigenvalue weighted by atomic mass is 32.2. The fourth-order valence-electron chi connectivity index (χ4n) is 2.02. The van der Waals surface area contributed by atoms with E-state index in [0.29, 0.717) is 12.2 Å². The molecule has 2 heterocycles. The molecule has 1 aromatic heterocycles. The van der Waals surface area contributed by atoms with E-state index in [-0.39, 0.29) is 29.8 Å². The monoisotopic (exact) mass is 242 g/mol. The van der Waals surface area contributed by atoms with Gasteiger partial charge in [0.2, 0.25) is 5.91 Å². The maximum Gasteiger partial charge on any atom is 0.232 e. The topological polar surface area (TPSA) is 69.0 Å². The molecule has 1 unspecified atom stereocenters. The van der Waals surface area contributed by atoms with Gasteiger partial charge in [-0.3, -0.25) is 9.36 Å². The van der Waals surface area contributed by atoms with E-state index in [1.54, 1.807) is 19.3 Å². The Morgan fingerprint density at radius 1 is 1.62 bits per heavy atom. The predicted molar refractivity (Wildman–Crippen MR) is 59.0 cm³/mol. The minimum absolute atomic E-state index is 0.0284. The number of aromatic nitrogens is 2. The third-order valence-electron chi connectivity index (χ3n) is 2.88. The van der Waals surface area contributed by atoms with Crippen LogP contribution < -0.4 is 0 Å². The van der Waals surface area contributed by atoms with Gasteiger partial charge in [-0.2, -0.15) is 0 Å².